The molecule has 0 radical (unpaired) electrons. The number of aromatic nitrogens is 2. The highest BCUT2D eigenvalue weighted by molar-refractivity contribution is 9.10. The van der Waals surface area contributed by atoms with Crippen LogP contribution >= 0.6 is 39.3 Å². The number of rotatable bonds is 6. The Morgan fingerprint density at radius 2 is 2.07 bits per heavy atom. The van der Waals surface area contributed by atoms with Gasteiger partial charge in [0.15, 0.2) is 0 Å². The smallest absolute Gasteiger partial charge is 0.277 e. The number of hydrogen-bond acceptors (Lipinski definition) is 7. The number of thioether (sulfide) groups is 1. The molecule has 11 heteroatoms. The molecule has 138 valence electrons. The molecule has 3 rings (SSSR count). The Morgan fingerprint density at radius 3 is 2.78 bits per heavy atom. The van der Waals surface area contributed by atoms with Crippen molar-refractivity contribution >= 4 is 56.6 Å². The van der Waals surface area contributed by atoms with Crippen molar-refractivity contribution in [2.75, 3.05) is 11.1 Å². The first-order valence-electron chi connectivity index (χ1n) is 7.39. The molecule has 0 spiro atoms. The molecule has 0 fully saturated rings. The lowest BCUT2D eigenvalue weighted by Gasteiger charge is -2.06. The van der Waals surface area contributed by atoms with Gasteiger partial charge in [-0.2, -0.15) is 0 Å². The van der Waals surface area contributed by atoms with Gasteiger partial charge in [-0.3, -0.25) is 14.9 Å². The minimum absolute atomic E-state index is 0.00487. The molecule has 0 aliphatic rings. The molecule has 8 nitrogen and oxygen atoms in total. The van der Waals surface area contributed by atoms with Crippen molar-refractivity contribution in [1.82, 2.24) is 10.2 Å². The molecule has 0 saturated heterocycles. The molecule has 0 bridgehead atoms. The quantitative estimate of drug-likeness (QED) is 0.314. The Kier molecular flexibility index (Phi) is 6.09. The zero-order chi connectivity index (χ0) is 19.4. The van der Waals surface area contributed by atoms with Crippen LogP contribution < -0.4 is 5.32 Å². The van der Waals surface area contributed by atoms with Gasteiger partial charge in [-0.05, 0) is 34.1 Å². The number of non-ortho nitro benzene ring substituents is 1. The summed E-state index contributed by atoms with van der Waals surface area (Å²) in [5.74, 6) is -0.0227. The van der Waals surface area contributed by atoms with E-state index >= 15 is 0 Å². The summed E-state index contributed by atoms with van der Waals surface area (Å²) in [4.78, 5) is 22.2. The molecular formula is C16H10BrClN4O4S. The van der Waals surface area contributed by atoms with E-state index in [1.165, 1.54) is 18.2 Å². The monoisotopic (exact) mass is 468 g/mol. The molecule has 0 unspecified atom stereocenters. The summed E-state index contributed by atoms with van der Waals surface area (Å²) in [6, 6.07) is 11.2. The highest BCUT2D eigenvalue weighted by Crippen LogP contribution is 2.30. The number of amides is 1. The van der Waals surface area contributed by atoms with Crippen molar-refractivity contribution in [1.29, 1.82) is 0 Å². The van der Waals surface area contributed by atoms with E-state index in [0.717, 1.165) is 21.8 Å². The van der Waals surface area contributed by atoms with E-state index in [1.807, 2.05) is 24.3 Å². The van der Waals surface area contributed by atoms with Gasteiger partial charge < -0.3 is 9.73 Å². The number of hydrogen-bond donors (Lipinski definition) is 1. The zero-order valence-electron chi connectivity index (χ0n) is 13.4. The van der Waals surface area contributed by atoms with Crippen molar-refractivity contribution in [2.45, 2.75) is 5.22 Å². The maximum Gasteiger partial charge on any atom is 0.277 e. The Balaban J connectivity index is 1.60. The topological polar surface area (TPSA) is 111 Å². The van der Waals surface area contributed by atoms with Crippen LogP contribution in [0.3, 0.4) is 0 Å². The molecule has 0 saturated carbocycles. The predicted octanol–water partition coefficient (Wildman–Crippen LogP) is 4.79. The van der Waals surface area contributed by atoms with Crippen molar-refractivity contribution in [2.24, 2.45) is 0 Å². The number of nitro groups is 1. The van der Waals surface area contributed by atoms with Crippen LogP contribution in [0, 0.1) is 10.1 Å². The van der Waals surface area contributed by atoms with Gasteiger partial charge in [-0.15, -0.1) is 10.2 Å². The standard InChI is InChI=1S/C16H10BrClN4O4S/c17-11-4-2-1-3-10(11)15-20-21-16(26-15)27-8-14(23)19-13-6-5-9(22(24)25)7-12(13)18/h1-7H,8H2,(H,19,23). The molecule has 2 aromatic carbocycles. The number of anilines is 1. The van der Waals surface area contributed by atoms with E-state index < -0.39 is 4.92 Å². The van der Waals surface area contributed by atoms with Gasteiger partial charge >= 0.3 is 0 Å². The van der Waals surface area contributed by atoms with Crippen LogP contribution in [-0.4, -0.2) is 26.8 Å². The molecule has 27 heavy (non-hydrogen) atoms. The third-order valence-corrected chi connectivity index (χ3v) is 5.10. The molecule has 1 amide bonds. The van der Waals surface area contributed by atoms with Gasteiger partial charge in [0.2, 0.25) is 11.8 Å². The molecule has 3 aromatic rings. The SMILES string of the molecule is O=C(CSc1nnc(-c2ccccc2Br)o1)Nc1ccc([N+](=O)[O-])cc1Cl. The number of carbonyl (C=O) groups is 1. The van der Waals surface area contributed by atoms with Crippen LogP contribution in [0.2, 0.25) is 5.02 Å². The van der Waals surface area contributed by atoms with E-state index in [4.69, 9.17) is 16.0 Å². The fraction of sp³-hybridized carbons (Fsp3) is 0.0625. The van der Waals surface area contributed by atoms with Crippen molar-refractivity contribution < 1.29 is 14.1 Å². The first-order valence-corrected chi connectivity index (χ1v) is 9.54. The Labute approximate surface area is 170 Å². The third-order valence-electron chi connectivity index (χ3n) is 3.28. The number of carbonyl (C=O) groups excluding carboxylic acids is 1. The van der Waals surface area contributed by atoms with E-state index in [-0.39, 0.29) is 33.3 Å². The number of benzene rings is 2. The lowest BCUT2D eigenvalue weighted by atomic mass is 10.2. The van der Waals surface area contributed by atoms with Crippen molar-refractivity contribution in [3.05, 3.63) is 62.1 Å². The van der Waals surface area contributed by atoms with E-state index in [1.54, 1.807) is 0 Å². The third kappa shape index (κ3) is 4.85. The Morgan fingerprint density at radius 1 is 1.30 bits per heavy atom. The minimum Gasteiger partial charge on any atom is -0.411 e. The lowest BCUT2D eigenvalue weighted by molar-refractivity contribution is -0.384. The molecule has 0 aliphatic heterocycles. The molecular weight excluding hydrogens is 460 g/mol. The molecule has 0 atom stereocenters. The summed E-state index contributed by atoms with van der Waals surface area (Å²) in [5.41, 5.74) is 0.879. The largest absolute Gasteiger partial charge is 0.411 e. The van der Waals surface area contributed by atoms with Crippen molar-refractivity contribution in [3.63, 3.8) is 0 Å². The Bertz CT molecular complexity index is 1010. The van der Waals surface area contributed by atoms with Crippen LogP contribution in [0.4, 0.5) is 11.4 Å². The maximum atomic E-state index is 12.1. The summed E-state index contributed by atoms with van der Waals surface area (Å²) in [6.07, 6.45) is 0. The van der Waals surface area contributed by atoms with Gasteiger partial charge in [0.05, 0.1) is 26.9 Å². The van der Waals surface area contributed by atoms with Crippen LogP contribution in [0.25, 0.3) is 11.5 Å². The minimum atomic E-state index is -0.564. The average molecular weight is 470 g/mol. The number of halogens is 2. The van der Waals surface area contributed by atoms with Gasteiger partial charge in [0, 0.05) is 16.6 Å². The number of nitro benzene ring substituents is 1. The summed E-state index contributed by atoms with van der Waals surface area (Å²) in [5, 5.41) is 21.5. The van der Waals surface area contributed by atoms with E-state index in [2.05, 4.69) is 31.4 Å². The van der Waals surface area contributed by atoms with Crippen LogP contribution in [-0.2, 0) is 4.79 Å². The van der Waals surface area contributed by atoms with E-state index in [0.29, 0.717) is 5.89 Å². The Hall–Kier alpha value is -2.43. The first-order chi connectivity index (χ1) is 12.9. The molecule has 1 heterocycles. The second-order valence-electron chi connectivity index (χ2n) is 5.11. The van der Waals surface area contributed by atoms with Crippen LogP contribution in [0.1, 0.15) is 0 Å². The maximum absolute atomic E-state index is 12.1. The fourth-order valence-electron chi connectivity index (χ4n) is 2.04. The van der Waals surface area contributed by atoms with Crippen LogP contribution in [0.15, 0.2) is 56.6 Å². The van der Waals surface area contributed by atoms with Gasteiger partial charge in [-0.1, -0.05) is 35.5 Å². The zero-order valence-corrected chi connectivity index (χ0v) is 16.5. The summed E-state index contributed by atoms with van der Waals surface area (Å²) >= 11 is 10.4. The van der Waals surface area contributed by atoms with Crippen LogP contribution in [0.5, 0.6) is 0 Å². The number of nitrogens with zero attached hydrogens (tertiary/aromatic N) is 3. The van der Waals surface area contributed by atoms with Crippen molar-refractivity contribution in [3.8, 4) is 11.5 Å². The summed E-state index contributed by atoms with van der Waals surface area (Å²) in [6.45, 7) is 0. The molecule has 1 aromatic heterocycles. The number of nitrogens with one attached hydrogen (secondary N) is 1. The lowest BCUT2D eigenvalue weighted by Crippen LogP contribution is -2.14. The highest BCUT2D eigenvalue weighted by Gasteiger charge is 2.15. The normalized spacial score (nSPS) is 10.6. The van der Waals surface area contributed by atoms with Gasteiger partial charge in [0.1, 0.15) is 0 Å². The van der Waals surface area contributed by atoms with E-state index in [9.17, 15) is 14.9 Å². The second-order valence-corrected chi connectivity index (χ2v) is 7.30. The average Bonchev–Trinajstić information content (AvgIpc) is 3.10. The summed E-state index contributed by atoms with van der Waals surface area (Å²) in [7, 11) is 0. The van der Waals surface area contributed by atoms with Gasteiger partial charge in [-0.25, -0.2) is 0 Å². The van der Waals surface area contributed by atoms with Gasteiger partial charge in [0.25, 0.3) is 10.9 Å². The first kappa shape index (κ1) is 19.3. The highest BCUT2D eigenvalue weighted by atomic mass is 79.9. The summed E-state index contributed by atoms with van der Waals surface area (Å²) < 4.78 is 6.36. The fourth-order valence-corrected chi connectivity index (χ4v) is 3.28. The predicted molar refractivity (Wildman–Crippen MR) is 105 cm³/mol. The molecule has 1 N–H and O–H groups in total. The second kappa shape index (κ2) is 8.51. The molecule has 0 aliphatic carbocycles.